The molecule has 0 amide bonds. The molecule has 0 bridgehead atoms. The Morgan fingerprint density at radius 2 is 1.90 bits per heavy atom. The number of para-hydroxylation sites is 1. The van der Waals surface area contributed by atoms with Crippen LogP contribution >= 0.6 is 0 Å². The number of aromatic amines is 1. The Morgan fingerprint density at radius 3 is 2.75 bits per heavy atom. The van der Waals surface area contributed by atoms with Crippen molar-refractivity contribution < 1.29 is 13.9 Å². The van der Waals surface area contributed by atoms with Gasteiger partial charge in [0, 0.05) is 61.7 Å². The Hall–Kier alpha value is -4.01. The summed E-state index contributed by atoms with van der Waals surface area (Å²) in [7, 11) is 0. The predicted octanol–water partition coefficient (Wildman–Crippen LogP) is 5.32. The molecule has 0 aliphatic carbocycles. The van der Waals surface area contributed by atoms with Gasteiger partial charge >= 0.3 is 0 Å². The third kappa shape index (κ3) is 5.12. The van der Waals surface area contributed by atoms with Crippen LogP contribution in [0.4, 0.5) is 11.4 Å². The molecule has 0 spiro atoms. The molecule has 2 aromatic carbocycles. The van der Waals surface area contributed by atoms with E-state index in [1.54, 1.807) is 12.5 Å². The molecule has 8 nitrogen and oxygen atoms in total. The highest BCUT2D eigenvalue weighted by Crippen LogP contribution is 2.43. The summed E-state index contributed by atoms with van der Waals surface area (Å²) in [5.41, 5.74) is 5.12. The number of benzene rings is 2. The zero-order valence-electron chi connectivity index (χ0n) is 22.5. The SMILES string of the molecule is O=c1[nH]cccc1N1CCOC(c2cccc3c2Oc2ccc(NC4CCN(Cc5ccco5)CC4)cc2C3)C1. The Labute approximate surface area is 233 Å². The lowest BCUT2D eigenvalue weighted by atomic mass is 9.95. The number of H-pyrrole nitrogens is 1. The van der Waals surface area contributed by atoms with Crippen molar-refractivity contribution in [3.8, 4) is 11.5 Å². The van der Waals surface area contributed by atoms with Crippen molar-refractivity contribution in [2.24, 2.45) is 0 Å². The number of aromatic nitrogens is 1. The molecule has 2 saturated heterocycles. The van der Waals surface area contributed by atoms with Gasteiger partial charge in [-0.3, -0.25) is 9.69 Å². The number of furan rings is 1. The first-order chi connectivity index (χ1) is 19.7. The maximum absolute atomic E-state index is 12.4. The van der Waals surface area contributed by atoms with Gasteiger partial charge in [-0.25, -0.2) is 0 Å². The van der Waals surface area contributed by atoms with E-state index in [1.807, 2.05) is 24.3 Å². The topological polar surface area (TPSA) is 83.0 Å². The summed E-state index contributed by atoms with van der Waals surface area (Å²) >= 11 is 0. The molecule has 0 saturated carbocycles. The molecule has 1 atom stereocenters. The van der Waals surface area contributed by atoms with Gasteiger partial charge in [0.1, 0.15) is 29.1 Å². The van der Waals surface area contributed by atoms with E-state index in [0.29, 0.717) is 31.4 Å². The van der Waals surface area contributed by atoms with Crippen LogP contribution in [0.2, 0.25) is 0 Å². The number of anilines is 2. The average molecular weight is 539 g/mol. The number of likely N-dealkylation sites (tertiary alicyclic amines) is 1. The second-order valence-corrected chi connectivity index (χ2v) is 10.9. The number of hydrogen-bond donors (Lipinski definition) is 2. The fraction of sp³-hybridized carbons (Fsp3) is 0.344. The van der Waals surface area contributed by atoms with Crippen LogP contribution in [0, 0.1) is 0 Å². The van der Waals surface area contributed by atoms with Gasteiger partial charge in [-0.05, 0) is 60.9 Å². The molecule has 4 aromatic rings. The van der Waals surface area contributed by atoms with Crippen LogP contribution < -0.4 is 20.5 Å². The number of nitrogens with zero attached hydrogens (tertiary/aromatic N) is 2. The summed E-state index contributed by atoms with van der Waals surface area (Å²) in [4.78, 5) is 19.7. The number of ether oxygens (including phenoxy) is 2. The molecule has 1 unspecified atom stereocenters. The number of hydrogen-bond acceptors (Lipinski definition) is 7. The van der Waals surface area contributed by atoms with Crippen molar-refractivity contribution in [1.82, 2.24) is 9.88 Å². The lowest BCUT2D eigenvalue weighted by Gasteiger charge is -2.35. The van der Waals surface area contributed by atoms with E-state index in [1.165, 1.54) is 5.56 Å². The molecule has 2 N–H and O–H groups in total. The quantitative estimate of drug-likeness (QED) is 0.303. The minimum atomic E-state index is -0.176. The highest BCUT2D eigenvalue weighted by molar-refractivity contribution is 5.59. The van der Waals surface area contributed by atoms with Crippen LogP contribution in [-0.4, -0.2) is 48.7 Å². The number of morpholine rings is 1. The maximum Gasteiger partial charge on any atom is 0.271 e. The van der Waals surface area contributed by atoms with Crippen molar-refractivity contribution in [3.63, 3.8) is 0 Å². The normalized spacial score (nSPS) is 19.5. The van der Waals surface area contributed by atoms with Gasteiger partial charge in [0.15, 0.2) is 0 Å². The zero-order valence-corrected chi connectivity index (χ0v) is 22.5. The first kappa shape index (κ1) is 25.0. The summed E-state index contributed by atoms with van der Waals surface area (Å²) in [5.74, 6) is 2.81. The van der Waals surface area contributed by atoms with Crippen molar-refractivity contribution in [1.29, 1.82) is 0 Å². The molecule has 206 valence electrons. The first-order valence-electron chi connectivity index (χ1n) is 14.2. The van der Waals surface area contributed by atoms with Crippen LogP contribution in [0.25, 0.3) is 0 Å². The Kier molecular flexibility index (Phi) is 6.79. The van der Waals surface area contributed by atoms with Crippen molar-refractivity contribution in [3.05, 3.63) is 106 Å². The van der Waals surface area contributed by atoms with E-state index in [-0.39, 0.29) is 11.7 Å². The number of pyridine rings is 1. The van der Waals surface area contributed by atoms with E-state index < -0.39 is 0 Å². The highest BCUT2D eigenvalue weighted by Gasteiger charge is 2.29. The largest absolute Gasteiger partial charge is 0.468 e. The summed E-state index contributed by atoms with van der Waals surface area (Å²) in [5, 5.41) is 3.76. The van der Waals surface area contributed by atoms with Crippen molar-refractivity contribution in [2.75, 3.05) is 43.0 Å². The molecular formula is C32H34N4O4. The van der Waals surface area contributed by atoms with Gasteiger partial charge in [0.05, 0.1) is 19.4 Å². The molecule has 2 fully saturated rings. The minimum Gasteiger partial charge on any atom is -0.468 e. The van der Waals surface area contributed by atoms with Crippen LogP contribution in [0.15, 0.2) is 82.3 Å². The van der Waals surface area contributed by atoms with Gasteiger partial charge in [-0.1, -0.05) is 18.2 Å². The Morgan fingerprint density at radius 1 is 0.975 bits per heavy atom. The number of piperidine rings is 1. The molecule has 7 rings (SSSR count). The molecule has 8 heteroatoms. The van der Waals surface area contributed by atoms with Gasteiger partial charge in [0.25, 0.3) is 5.56 Å². The lowest BCUT2D eigenvalue weighted by Crippen LogP contribution is -2.41. The summed E-state index contributed by atoms with van der Waals surface area (Å²) in [6.45, 7) is 4.83. The van der Waals surface area contributed by atoms with Gasteiger partial charge in [-0.15, -0.1) is 0 Å². The highest BCUT2D eigenvalue weighted by atomic mass is 16.5. The number of rotatable bonds is 6. The smallest absolute Gasteiger partial charge is 0.271 e. The molecule has 3 aliphatic rings. The van der Waals surface area contributed by atoms with Gasteiger partial charge in [0.2, 0.25) is 0 Å². The summed E-state index contributed by atoms with van der Waals surface area (Å²) in [6, 6.07) is 20.9. The zero-order chi connectivity index (χ0) is 26.9. The van der Waals surface area contributed by atoms with E-state index in [2.05, 4.69) is 56.5 Å². The van der Waals surface area contributed by atoms with Crippen LogP contribution in [0.3, 0.4) is 0 Å². The van der Waals surface area contributed by atoms with Gasteiger partial charge < -0.3 is 29.1 Å². The third-order valence-corrected chi connectivity index (χ3v) is 8.25. The monoisotopic (exact) mass is 538 g/mol. The standard InChI is InChI=1S/C32H34N4O4/c37-32-28(7-2-12-33-32)36-15-17-39-30(21-36)27-6-1-4-22-18-23-19-25(8-9-29(23)40-31(22)27)34-24-10-13-35(14-11-24)20-26-5-3-16-38-26/h1-9,12,16,19,24,30,34H,10-11,13-15,17-18,20-21H2,(H,33,37). The van der Waals surface area contributed by atoms with E-state index >= 15 is 0 Å². The fourth-order valence-electron chi connectivity index (χ4n) is 6.16. The molecular weight excluding hydrogens is 504 g/mol. The molecule has 5 heterocycles. The summed E-state index contributed by atoms with van der Waals surface area (Å²) in [6.07, 6.45) is 6.25. The van der Waals surface area contributed by atoms with Gasteiger partial charge in [-0.2, -0.15) is 0 Å². The predicted molar refractivity (Wildman–Crippen MR) is 154 cm³/mol. The van der Waals surface area contributed by atoms with Crippen LogP contribution in [-0.2, 0) is 17.7 Å². The van der Waals surface area contributed by atoms with E-state index in [0.717, 1.165) is 73.0 Å². The first-order valence-corrected chi connectivity index (χ1v) is 14.2. The number of nitrogens with one attached hydrogen (secondary N) is 2. The van der Waals surface area contributed by atoms with Crippen molar-refractivity contribution >= 4 is 11.4 Å². The van der Waals surface area contributed by atoms with Crippen LogP contribution in [0.5, 0.6) is 11.5 Å². The minimum absolute atomic E-state index is 0.0766. The Balaban J connectivity index is 1.02. The molecule has 3 aliphatic heterocycles. The average Bonchev–Trinajstić information content (AvgIpc) is 3.50. The van der Waals surface area contributed by atoms with E-state index in [4.69, 9.17) is 13.9 Å². The molecule has 2 aromatic heterocycles. The van der Waals surface area contributed by atoms with Crippen molar-refractivity contribution in [2.45, 2.75) is 38.0 Å². The van der Waals surface area contributed by atoms with Crippen LogP contribution in [0.1, 0.15) is 41.4 Å². The summed E-state index contributed by atoms with van der Waals surface area (Å²) < 4.78 is 18.2. The second kappa shape index (κ2) is 10.9. The molecule has 0 radical (unpaired) electrons. The van der Waals surface area contributed by atoms with E-state index in [9.17, 15) is 4.79 Å². The Bertz CT molecular complexity index is 1520. The second-order valence-electron chi connectivity index (χ2n) is 10.9. The fourth-order valence-corrected chi connectivity index (χ4v) is 6.16. The maximum atomic E-state index is 12.4. The number of fused-ring (bicyclic) bond motifs is 2. The molecule has 40 heavy (non-hydrogen) atoms. The third-order valence-electron chi connectivity index (χ3n) is 8.25. The lowest BCUT2D eigenvalue weighted by molar-refractivity contribution is 0.0383.